The molecule has 0 aliphatic rings. The van der Waals surface area contributed by atoms with E-state index in [-0.39, 0.29) is 0 Å². The summed E-state index contributed by atoms with van der Waals surface area (Å²) >= 11 is 6.11. The minimum Gasteiger partial charge on any atom is -0.497 e. The molecule has 3 aromatic carbocycles. The van der Waals surface area contributed by atoms with Gasteiger partial charge in [0.25, 0.3) is 0 Å². The molecular weight excluding hydrogens is 396 g/mol. The van der Waals surface area contributed by atoms with E-state index in [9.17, 15) is 0 Å². The number of hydrogen-bond donors (Lipinski definition) is 0. The molecule has 0 fully saturated rings. The second-order valence-electron chi connectivity index (χ2n) is 6.84. The molecule has 0 aliphatic heterocycles. The van der Waals surface area contributed by atoms with Crippen LogP contribution in [0.25, 0.3) is 33.9 Å². The number of aromatic nitrogens is 2. The van der Waals surface area contributed by atoms with Gasteiger partial charge in [0.05, 0.1) is 25.6 Å². The lowest BCUT2D eigenvalue weighted by molar-refractivity contribution is 0.414. The van der Waals surface area contributed by atoms with E-state index in [0.717, 1.165) is 51.9 Å². The van der Waals surface area contributed by atoms with Crippen LogP contribution in [-0.4, -0.2) is 23.8 Å². The fraction of sp³-hybridized carbons (Fsp3) is 0.160. The molecule has 0 bridgehead atoms. The van der Waals surface area contributed by atoms with Crippen LogP contribution in [0.5, 0.6) is 11.5 Å². The van der Waals surface area contributed by atoms with Crippen LogP contribution in [0.3, 0.4) is 0 Å². The van der Waals surface area contributed by atoms with Crippen LogP contribution >= 0.6 is 11.6 Å². The average Bonchev–Trinajstić information content (AvgIpc) is 3.19. The summed E-state index contributed by atoms with van der Waals surface area (Å²) in [6.07, 6.45) is 0. The molecule has 30 heavy (non-hydrogen) atoms. The predicted octanol–water partition coefficient (Wildman–Crippen LogP) is 6.57. The van der Waals surface area contributed by atoms with Crippen LogP contribution in [0.2, 0.25) is 5.02 Å². The third-order valence-corrected chi connectivity index (χ3v) is 5.37. The number of hydrogen-bond acceptors (Lipinski definition) is 3. The summed E-state index contributed by atoms with van der Waals surface area (Å²) in [6.45, 7) is 2.91. The number of imidazole rings is 1. The van der Waals surface area contributed by atoms with Gasteiger partial charge in [0.1, 0.15) is 17.3 Å². The Kier molecular flexibility index (Phi) is 5.77. The Balaban J connectivity index is 1.94. The topological polar surface area (TPSA) is 36.3 Å². The first-order chi connectivity index (χ1) is 14.6. The number of rotatable bonds is 6. The van der Waals surface area contributed by atoms with Gasteiger partial charge >= 0.3 is 0 Å². The second kappa shape index (κ2) is 8.64. The van der Waals surface area contributed by atoms with E-state index < -0.39 is 0 Å². The van der Waals surface area contributed by atoms with Gasteiger partial charge in [-0.1, -0.05) is 11.6 Å². The molecule has 0 N–H and O–H groups in total. The monoisotopic (exact) mass is 418 g/mol. The lowest BCUT2D eigenvalue weighted by atomic mass is 10.0. The molecule has 0 amide bonds. The van der Waals surface area contributed by atoms with Crippen molar-refractivity contribution in [3.8, 4) is 45.4 Å². The van der Waals surface area contributed by atoms with Crippen LogP contribution in [-0.2, 0) is 6.54 Å². The number of methoxy groups -OCH3 is 2. The maximum atomic E-state index is 6.11. The molecule has 1 heterocycles. The van der Waals surface area contributed by atoms with Gasteiger partial charge in [-0.2, -0.15) is 0 Å². The summed E-state index contributed by atoms with van der Waals surface area (Å²) in [5, 5.41) is 0.708. The van der Waals surface area contributed by atoms with Crippen LogP contribution in [0.15, 0.2) is 72.8 Å². The van der Waals surface area contributed by atoms with Crippen molar-refractivity contribution in [3.63, 3.8) is 0 Å². The van der Waals surface area contributed by atoms with E-state index in [1.54, 1.807) is 14.2 Å². The lowest BCUT2D eigenvalue weighted by Crippen LogP contribution is -2.00. The third-order valence-electron chi connectivity index (χ3n) is 5.11. The maximum Gasteiger partial charge on any atom is 0.141 e. The van der Waals surface area contributed by atoms with Crippen LogP contribution in [0.1, 0.15) is 6.92 Å². The molecule has 5 heteroatoms. The van der Waals surface area contributed by atoms with Crippen molar-refractivity contribution in [1.29, 1.82) is 0 Å². The molecule has 0 saturated heterocycles. The predicted molar refractivity (Wildman–Crippen MR) is 122 cm³/mol. The maximum absolute atomic E-state index is 6.11. The van der Waals surface area contributed by atoms with Gasteiger partial charge in [0.2, 0.25) is 0 Å². The minimum absolute atomic E-state index is 0.708. The van der Waals surface area contributed by atoms with Gasteiger partial charge in [-0.25, -0.2) is 4.98 Å². The number of halogens is 1. The van der Waals surface area contributed by atoms with E-state index in [0.29, 0.717) is 5.02 Å². The Bertz CT molecular complexity index is 1130. The second-order valence-corrected chi connectivity index (χ2v) is 7.28. The number of ether oxygens (including phenoxy) is 2. The summed E-state index contributed by atoms with van der Waals surface area (Å²) in [5.74, 6) is 2.55. The van der Waals surface area contributed by atoms with Crippen molar-refractivity contribution in [2.45, 2.75) is 13.5 Å². The summed E-state index contributed by atoms with van der Waals surface area (Å²) in [4.78, 5) is 5.07. The van der Waals surface area contributed by atoms with Gasteiger partial charge in [-0.15, -0.1) is 0 Å². The van der Waals surface area contributed by atoms with Crippen molar-refractivity contribution in [1.82, 2.24) is 9.55 Å². The normalized spacial score (nSPS) is 10.8. The fourth-order valence-electron chi connectivity index (χ4n) is 3.57. The zero-order valence-corrected chi connectivity index (χ0v) is 18.0. The summed E-state index contributed by atoms with van der Waals surface area (Å²) in [7, 11) is 3.34. The van der Waals surface area contributed by atoms with Gasteiger partial charge in [-0.05, 0) is 79.7 Å². The molecule has 0 radical (unpaired) electrons. The van der Waals surface area contributed by atoms with Crippen molar-refractivity contribution >= 4 is 11.6 Å². The Morgan fingerprint density at radius 2 is 1.23 bits per heavy atom. The van der Waals surface area contributed by atoms with E-state index >= 15 is 0 Å². The first-order valence-corrected chi connectivity index (χ1v) is 10.2. The molecule has 0 unspecified atom stereocenters. The summed E-state index contributed by atoms with van der Waals surface area (Å²) < 4.78 is 12.9. The standard InChI is InChI=1S/C25H23ClN2O2/c1-4-28-24(18-9-15-22(30-3)16-10-18)23(17-7-13-21(29-2)14-8-17)27-25(28)19-5-11-20(26)12-6-19/h5-16H,4H2,1-3H3. The molecule has 4 nitrogen and oxygen atoms in total. The zero-order chi connectivity index (χ0) is 21.1. The summed E-state index contributed by atoms with van der Waals surface area (Å²) in [6, 6.07) is 23.9. The number of benzene rings is 3. The van der Waals surface area contributed by atoms with Crippen LogP contribution < -0.4 is 9.47 Å². The highest BCUT2D eigenvalue weighted by Gasteiger charge is 2.20. The largest absolute Gasteiger partial charge is 0.497 e. The highest BCUT2D eigenvalue weighted by atomic mass is 35.5. The third kappa shape index (κ3) is 3.79. The molecule has 0 spiro atoms. The van der Waals surface area contributed by atoms with Gasteiger partial charge in [0.15, 0.2) is 0 Å². The van der Waals surface area contributed by atoms with E-state index in [2.05, 4.69) is 23.6 Å². The Labute approximate surface area is 181 Å². The molecule has 4 aromatic rings. The fourth-order valence-corrected chi connectivity index (χ4v) is 3.70. The van der Waals surface area contributed by atoms with Gasteiger partial charge in [-0.3, -0.25) is 0 Å². The number of nitrogens with zero attached hydrogens (tertiary/aromatic N) is 2. The van der Waals surface area contributed by atoms with E-state index in [1.807, 2.05) is 60.7 Å². The molecule has 4 rings (SSSR count). The molecule has 0 saturated carbocycles. The first kappa shape index (κ1) is 20.0. The van der Waals surface area contributed by atoms with Crippen LogP contribution in [0.4, 0.5) is 0 Å². The van der Waals surface area contributed by atoms with Crippen molar-refractivity contribution in [2.75, 3.05) is 14.2 Å². The van der Waals surface area contributed by atoms with E-state index in [1.165, 1.54) is 0 Å². The Morgan fingerprint density at radius 1 is 0.733 bits per heavy atom. The molecule has 1 aromatic heterocycles. The Morgan fingerprint density at radius 3 is 1.73 bits per heavy atom. The zero-order valence-electron chi connectivity index (χ0n) is 17.2. The van der Waals surface area contributed by atoms with Crippen LogP contribution in [0, 0.1) is 0 Å². The quantitative estimate of drug-likeness (QED) is 0.355. The molecule has 0 atom stereocenters. The summed E-state index contributed by atoms with van der Waals surface area (Å²) in [5.41, 5.74) is 5.13. The highest BCUT2D eigenvalue weighted by Crippen LogP contribution is 2.37. The van der Waals surface area contributed by atoms with E-state index in [4.69, 9.17) is 26.1 Å². The SMILES string of the molecule is CCn1c(-c2ccc(Cl)cc2)nc(-c2ccc(OC)cc2)c1-c1ccc(OC)cc1. The smallest absolute Gasteiger partial charge is 0.141 e. The molecule has 0 aliphatic carbocycles. The van der Waals surface area contributed by atoms with Crippen molar-refractivity contribution < 1.29 is 9.47 Å². The Hall–Kier alpha value is -3.24. The minimum atomic E-state index is 0.708. The van der Waals surface area contributed by atoms with Gasteiger partial charge in [0, 0.05) is 28.3 Å². The van der Waals surface area contributed by atoms with Crippen molar-refractivity contribution in [2.24, 2.45) is 0 Å². The van der Waals surface area contributed by atoms with Crippen molar-refractivity contribution in [3.05, 3.63) is 77.8 Å². The average molecular weight is 419 g/mol. The molecular formula is C25H23ClN2O2. The highest BCUT2D eigenvalue weighted by molar-refractivity contribution is 6.30. The molecule has 152 valence electrons. The van der Waals surface area contributed by atoms with Gasteiger partial charge < -0.3 is 14.0 Å². The first-order valence-electron chi connectivity index (χ1n) is 9.80. The lowest BCUT2D eigenvalue weighted by Gasteiger charge is -2.12.